The lowest BCUT2D eigenvalue weighted by atomic mass is 10.1. The smallest absolute Gasteiger partial charge is 0.251 e. The summed E-state index contributed by atoms with van der Waals surface area (Å²) in [5.41, 5.74) is 3.14. The molecule has 27 heavy (non-hydrogen) atoms. The molecular weight excluding hydrogens is 340 g/mol. The molecule has 3 aromatic rings. The fraction of sp³-hybridized carbons (Fsp3) is 0.190. The Bertz CT molecular complexity index is 945. The Kier molecular flexibility index (Phi) is 4.70. The van der Waals surface area contributed by atoms with Gasteiger partial charge >= 0.3 is 0 Å². The SMILES string of the molecule is O=C(NCc1ccc(-n2cccn2)cc1)c1cccc(NC(=O)C2CC2)c1. The van der Waals surface area contributed by atoms with Gasteiger partial charge in [-0.05, 0) is 54.8 Å². The standard InChI is InChI=1S/C21H20N4O2/c26-20(17-3-1-4-18(13-17)24-21(27)16-7-8-16)22-14-15-5-9-19(10-6-15)25-12-2-11-23-25/h1-6,9-13,16H,7-8,14H2,(H,22,26)(H,24,27). The molecule has 2 N–H and O–H groups in total. The molecule has 1 aliphatic rings. The molecular formula is C21H20N4O2. The molecule has 0 radical (unpaired) electrons. The Hall–Kier alpha value is -3.41. The first-order valence-corrected chi connectivity index (χ1v) is 8.97. The number of nitrogens with zero attached hydrogens (tertiary/aromatic N) is 2. The highest BCUT2D eigenvalue weighted by atomic mass is 16.2. The molecule has 136 valence electrons. The van der Waals surface area contributed by atoms with Crippen molar-refractivity contribution in [2.75, 3.05) is 5.32 Å². The Balaban J connectivity index is 1.35. The number of carbonyl (C=O) groups excluding carboxylic acids is 2. The maximum atomic E-state index is 12.4. The van der Waals surface area contributed by atoms with Crippen LogP contribution in [0.5, 0.6) is 0 Å². The molecule has 0 bridgehead atoms. The van der Waals surface area contributed by atoms with Crippen LogP contribution in [0.1, 0.15) is 28.8 Å². The van der Waals surface area contributed by atoms with Crippen molar-refractivity contribution in [3.05, 3.63) is 78.1 Å². The Morgan fingerprint density at radius 1 is 1.07 bits per heavy atom. The average Bonchev–Trinajstić information content (AvgIpc) is 3.41. The van der Waals surface area contributed by atoms with Gasteiger partial charge in [-0.3, -0.25) is 9.59 Å². The average molecular weight is 360 g/mol. The fourth-order valence-electron chi connectivity index (χ4n) is 2.80. The molecule has 1 fully saturated rings. The molecule has 1 heterocycles. The molecule has 1 aromatic heterocycles. The molecule has 6 heteroatoms. The highest BCUT2D eigenvalue weighted by Crippen LogP contribution is 2.30. The number of rotatable bonds is 6. The van der Waals surface area contributed by atoms with Gasteiger partial charge in [0.05, 0.1) is 5.69 Å². The second-order valence-corrected chi connectivity index (χ2v) is 6.64. The Morgan fingerprint density at radius 3 is 2.59 bits per heavy atom. The maximum absolute atomic E-state index is 12.4. The maximum Gasteiger partial charge on any atom is 0.251 e. The quantitative estimate of drug-likeness (QED) is 0.709. The molecule has 1 aliphatic carbocycles. The van der Waals surface area contributed by atoms with E-state index in [1.165, 1.54) is 0 Å². The van der Waals surface area contributed by atoms with Crippen molar-refractivity contribution < 1.29 is 9.59 Å². The van der Waals surface area contributed by atoms with E-state index < -0.39 is 0 Å². The number of hydrogen-bond donors (Lipinski definition) is 2. The van der Waals surface area contributed by atoms with Crippen LogP contribution < -0.4 is 10.6 Å². The molecule has 0 atom stereocenters. The monoisotopic (exact) mass is 360 g/mol. The minimum Gasteiger partial charge on any atom is -0.348 e. The van der Waals surface area contributed by atoms with Gasteiger partial charge in [-0.25, -0.2) is 4.68 Å². The van der Waals surface area contributed by atoms with E-state index >= 15 is 0 Å². The fourth-order valence-corrected chi connectivity index (χ4v) is 2.80. The van der Waals surface area contributed by atoms with Crippen LogP contribution in [0.3, 0.4) is 0 Å². The van der Waals surface area contributed by atoms with Crippen LogP contribution in [-0.2, 0) is 11.3 Å². The van der Waals surface area contributed by atoms with Crippen LogP contribution in [0, 0.1) is 5.92 Å². The Labute approximate surface area is 157 Å². The summed E-state index contributed by atoms with van der Waals surface area (Å²) in [6, 6.07) is 16.7. The number of nitrogens with one attached hydrogen (secondary N) is 2. The molecule has 0 spiro atoms. The molecule has 2 aromatic carbocycles. The second kappa shape index (κ2) is 7.45. The largest absolute Gasteiger partial charge is 0.348 e. The van der Waals surface area contributed by atoms with E-state index in [9.17, 15) is 9.59 Å². The summed E-state index contributed by atoms with van der Waals surface area (Å²) in [6.45, 7) is 0.427. The van der Waals surface area contributed by atoms with E-state index in [2.05, 4.69) is 15.7 Å². The van der Waals surface area contributed by atoms with Gasteiger partial charge in [0, 0.05) is 36.1 Å². The highest BCUT2D eigenvalue weighted by molar-refractivity contribution is 5.98. The third-order valence-electron chi connectivity index (χ3n) is 4.50. The number of carbonyl (C=O) groups is 2. The first-order chi connectivity index (χ1) is 13.2. The first-order valence-electron chi connectivity index (χ1n) is 8.97. The van der Waals surface area contributed by atoms with E-state index in [-0.39, 0.29) is 17.7 Å². The van der Waals surface area contributed by atoms with Crippen LogP contribution in [-0.4, -0.2) is 21.6 Å². The van der Waals surface area contributed by atoms with Crippen molar-refractivity contribution in [1.82, 2.24) is 15.1 Å². The Morgan fingerprint density at radius 2 is 1.89 bits per heavy atom. The van der Waals surface area contributed by atoms with Crippen molar-refractivity contribution in [2.24, 2.45) is 5.92 Å². The zero-order chi connectivity index (χ0) is 18.6. The summed E-state index contributed by atoms with van der Waals surface area (Å²) in [5.74, 6) is -0.00861. The number of benzene rings is 2. The topological polar surface area (TPSA) is 76.0 Å². The predicted molar refractivity (Wildman–Crippen MR) is 103 cm³/mol. The van der Waals surface area contributed by atoms with Gasteiger partial charge in [-0.15, -0.1) is 0 Å². The summed E-state index contributed by atoms with van der Waals surface area (Å²) >= 11 is 0. The second-order valence-electron chi connectivity index (χ2n) is 6.64. The van der Waals surface area contributed by atoms with Gasteiger partial charge < -0.3 is 10.6 Å². The third-order valence-corrected chi connectivity index (χ3v) is 4.50. The van der Waals surface area contributed by atoms with Crippen molar-refractivity contribution >= 4 is 17.5 Å². The lowest BCUT2D eigenvalue weighted by molar-refractivity contribution is -0.117. The molecule has 0 saturated heterocycles. The van der Waals surface area contributed by atoms with Crippen LogP contribution in [0.25, 0.3) is 5.69 Å². The van der Waals surface area contributed by atoms with E-state index in [1.54, 1.807) is 35.1 Å². The summed E-state index contributed by atoms with van der Waals surface area (Å²) in [4.78, 5) is 24.3. The van der Waals surface area contributed by atoms with E-state index in [1.807, 2.05) is 36.5 Å². The minimum atomic E-state index is -0.173. The van der Waals surface area contributed by atoms with Gasteiger partial charge in [0.2, 0.25) is 5.91 Å². The number of hydrogen-bond acceptors (Lipinski definition) is 3. The minimum absolute atomic E-state index is 0.0322. The highest BCUT2D eigenvalue weighted by Gasteiger charge is 2.29. The predicted octanol–water partition coefficient (Wildman–Crippen LogP) is 3.15. The molecule has 2 amide bonds. The zero-order valence-electron chi connectivity index (χ0n) is 14.8. The van der Waals surface area contributed by atoms with Gasteiger partial charge in [0.15, 0.2) is 0 Å². The number of anilines is 1. The summed E-state index contributed by atoms with van der Waals surface area (Å²) < 4.78 is 1.78. The van der Waals surface area contributed by atoms with Gasteiger partial charge in [0.1, 0.15) is 0 Å². The molecule has 1 saturated carbocycles. The van der Waals surface area contributed by atoms with Crippen LogP contribution in [0.15, 0.2) is 67.0 Å². The number of aromatic nitrogens is 2. The van der Waals surface area contributed by atoms with Crippen molar-refractivity contribution in [1.29, 1.82) is 0 Å². The van der Waals surface area contributed by atoms with Gasteiger partial charge in [0.25, 0.3) is 5.91 Å². The summed E-state index contributed by atoms with van der Waals surface area (Å²) in [5, 5.41) is 9.97. The van der Waals surface area contributed by atoms with Crippen LogP contribution in [0.2, 0.25) is 0 Å². The molecule has 0 unspecified atom stereocenters. The normalized spacial score (nSPS) is 13.2. The zero-order valence-corrected chi connectivity index (χ0v) is 14.8. The molecule has 0 aliphatic heterocycles. The van der Waals surface area contributed by atoms with Crippen molar-refractivity contribution in [3.63, 3.8) is 0 Å². The first kappa shape index (κ1) is 17.0. The third kappa shape index (κ3) is 4.23. The lowest BCUT2D eigenvalue weighted by Crippen LogP contribution is -2.23. The van der Waals surface area contributed by atoms with E-state index in [4.69, 9.17) is 0 Å². The van der Waals surface area contributed by atoms with Crippen molar-refractivity contribution in [3.8, 4) is 5.69 Å². The van der Waals surface area contributed by atoms with Gasteiger partial charge in [-0.1, -0.05) is 18.2 Å². The summed E-state index contributed by atoms with van der Waals surface area (Å²) in [7, 11) is 0. The van der Waals surface area contributed by atoms with E-state index in [0.29, 0.717) is 17.8 Å². The molecule has 6 nitrogen and oxygen atoms in total. The lowest BCUT2D eigenvalue weighted by Gasteiger charge is -2.09. The van der Waals surface area contributed by atoms with Gasteiger partial charge in [-0.2, -0.15) is 5.10 Å². The van der Waals surface area contributed by atoms with E-state index in [0.717, 1.165) is 24.1 Å². The van der Waals surface area contributed by atoms with Crippen LogP contribution in [0.4, 0.5) is 5.69 Å². The summed E-state index contributed by atoms with van der Waals surface area (Å²) in [6.07, 6.45) is 5.51. The van der Waals surface area contributed by atoms with Crippen molar-refractivity contribution in [2.45, 2.75) is 19.4 Å². The van der Waals surface area contributed by atoms with Crippen LogP contribution >= 0.6 is 0 Å². The molecule has 4 rings (SSSR count). The number of amides is 2.